The number of amides is 2. The van der Waals surface area contributed by atoms with E-state index in [-0.39, 0.29) is 18.4 Å². The van der Waals surface area contributed by atoms with Gasteiger partial charge in [-0.2, -0.15) is 0 Å². The summed E-state index contributed by atoms with van der Waals surface area (Å²) in [6.45, 7) is 3.01. The molecule has 0 radical (unpaired) electrons. The average molecular weight is 332 g/mol. The van der Waals surface area contributed by atoms with Crippen molar-refractivity contribution < 1.29 is 14.3 Å². The van der Waals surface area contributed by atoms with Crippen LogP contribution in [-0.2, 0) is 11.3 Å². The lowest BCUT2D eigenvalue weighted by atomic mass is 10.2. The van der Waals surface area contributed by atoms with Crippen LogP contribution < -0.4 is 10.1 Å². The minimum absolute atomic E-state index is 0.0199. The molecule has 0 atom stereocenters. The second-order valence-corrected chi connectivity index (χ2v) is 6.00. The van der Waals surface area contributed by atoms with Gasteiger partial charge in [-0.05, 0) is 42.6 Å². The maximum absolute atomic E-state index is 12.0. The number of ether oxygens (including phenoxy) is 1. The Labute approximate surface area is 139 Å². The van der Waals surface area contributed by atoms with Crippen LogP contribution in [0, 0.1) is 0 Å². The van der Waals surface area contributed by atoms with Gasteiger partial charge in [0.25, 0.3) is 5.91 Å². The standard InChI is InChI=1S/C17H20N2O3S/c1-3-22-14-8-6-13(7-9-14)17(21)18-11-16(20)19(2)12-15-5-4-10-23-15/h4-10H,3,11-12H2,1-2H3,(H,18,21). The summed E-state index contributed by atoms with van der Waals surface area (Å²) in [4.78, 5) is 26.8. The summed E-state index contributed by atoms with van der Waals surface area (Å²) < 4.78 is 5.33. The number of nitrogens with one attached hydrogen (secondary N) is 1. The van der Waals surface area contributed by atoms with Crippen molar-refractivity contribution in [1.29, 1.82) is 0 Å². The van der Waals surface area contributed by atoms with E-state index >= 15 is 0 Å². The van der Waals surface area contributed by atoms with Crippen LogP contribution in [0.25, 0.3) is 0 Å². The number of carbonyl (C=O) groups is 2. The van der Waals surface area contributed by atoms with Gasteiger partial charge in [0.2, 0.25) is 5.91 Å². The first-order chi connectivity index (χ1) is 11.1. The number of nitrogens with zero attached hydrogens (tertiary/aromatic N) is 1. The van der Waals surface area contributed by atoms with E-state index in [0.29, 0.717) is 18.7 Å². The van der Waals surface area contributed by atoms with Crippen LogP contribution in [-0.4, -0.2) is 36.9 Å². The van der Waals surface area contributed by atoms with Crippen LogP contribution >= 0.6 is 11.3 Å². The molecule has 0 aliphatic rings. The Morgan fingerprint density at radius 1 is 1.22 bits per heavy atom. The third-order valence-corrected chi connectivity index (χ3v) is 4.09. The van der Waals surface area contributed by atoms with E-state index in [4.69, 9.17) is 4.74 Å². The number of hydrogen-bond acceptors (Lipinski definition) is 4. The summed E-state index contributed by atoms with van der Waals surface area (Å²) in [5.74, 6) is 0.319. The summed E-state index contributed by atoms with van der Waals surface area (Å²) >= 11 is 1.60. The maximum atomic E-state index is 12.0. The molecule has 6 heteroatoms. The molecule has 2 aromatic rings. The Kier molecular flexibility index (Phi) is 6.17. The molecule has 0 bridgehead atoms. The van der Waals surface area contributed by atoms with Crippen molar-refractivity contribution in [2.24, 2.45) is 0 Å². The van der Waals surface area contributed by atoms with Gasteiger partial charge in [-0.15, -0.1) is 11.3 Å². The number of thiophene rings is 1. The molecule has 1 N–H and O–H groups in total. The van der Waals surface area contributed by atoms with Gasteiger partial charge in [0.15, 0.2) is 0 Å². The van der Waals surface area contributed by atoms with Crippen molar-refractivity contribution >= 4 is 23.2 Å². The maximum Gasteiger partial charge on any atom is 0.251 e. The molecule has 122 valence electrons. The van der Waals surface area contributed by atoms with Gasteiger partial charge in [0.1, 0.15) is 5.75 Å². The zero-order valence-corrected chi connectivity index (χ0v) is 14.1. The first-order valence-corrected chi connectivity index (χ1v) is 8.25. The molecule has 1 aromatic carbocycles. The molecule has 0 aliphatic heterocycles. The Morgan fingerprint density at radius 3 is 2.57 bits per heavy atom. The molecule has 0 fully saturated rings. The number of benzene rings is 1. The summed E-state index contributed by atoms with van der Waals surface area (Å²) in [5, 5.41) is 4.62. The summed E-state index contributed by atoms with van der Waals surface area (Å²) in [7, 11) is 1.73. The molecule has 2 amide bonds. The second-order valence-electron chi connectivity index (χ2n) is 4.97. The fourth-order valence-electron chi connectivity index (χ4n) is 1.99. The number of rotatable bonds is 7. The highest BCUT2D eigenvalue weighted by Crippen LogP contribution is 2.12. The summed E-state index contributed by atoms with van der Waals surface area (Å²) in [6.07, 6.45) is 0. The lowest BCUT2D eigenvalue weighted by molar-refractivity contribution is -0.129. The van der Waals surface area contributed by atoms with E-state index < -0.39 is 0 Å². The molecule has 1 aromatic heterocycles. The lowest BCUT2D eigenvalue weighted by Gasteiger charge is -2.16. The predicted molar refractivity (Wildman–Crippen MR) is 90.7 cm³/mol. The van der Waals surface area contributed by atoms with Gasteiger partial charge in [0, 0.05) is 17.5 Å². The van der Waals surface area contributed by atoms with Crippen molar-refractivity contribution in [3.8, 4) is 5.75 Å². The van der Waals surface area contributed by atoms with E-state index in [0.717, 1.165) is 10.6 Å². The highest BCUT2D eigenvalue weighted by molar-refractivity contribution is 7.09. The Morgan fingerprint density at radius 2 is 1.96 bits per heavy atom. The van der Waals surface area contributed by atoms with Gasteiger partial charge in [0.05, 0.1) is 19.7 Å². The number of hydrogen-bond donors (Lipinski definition) is 1. The van der Waals surface area contributed by atoms with Crippen molar-refractivity contribution in [3.63, 3.8) is 0 Å². The minimum atomic E-state index is -0.272. The molecule has 1 heterocycles. The topological polar surface area (TPSA) is 58.6 Å². The predicted octanol–water partition coefficient (Wildman–Crippen LogP) is 2.54. The van der Waals surface area contributed by atoms with Gasteiger partial charge in [-0.3, -0.25) is 9.59 Å². The lowest BCUT2D eigenvalue weighted by Crippen LogP contribution is -2.37. The van der Waals surface area contributed by atoms with E-state index in [1.54, 1.807) is 47.5 Å². The molecular formula is C17H20N2O3S. The fraction of sp³-hybridized carbons (Fsp3) is 0.294. The van der Waals surface area contributed by atoms with Crippen LogP contribution in [0.15, 0.2) is 41.8 Å². The molecule has 2 rings (SSSR count). The Bertz CT molecular complexity index is 638. The zero-order chi connectivity index (χ0) is 16.7. The zero-order valence-electron chi connectivity index (χ0n) is 13.2. The van der Waals surface area contributed by atoms with Crippen molar-refractivity contribution in [3.05, 3.63) is 52.2 Å². The molecule has 0 unspecified atom stereocenters. The van der Waals surface area contributed by atoms with Gasteiger partial charge >= 0.3 is 0 Å². The van der Waals surface area contributed by atoms with E-state index in [1.807, 2.05) is 24.4 Å². The quantitative estimate of drug-likeness (QED) is 0.848. The minimum Gasteiger partial charge on any atom is -0.494 e. The van der Waals surface area contributed by atoms with E-state index in [1.165, 1.54) is 0 Å². The highest BCUT2D eigenvalue weighted by Gasteiger charge is 2.12. The van der Waals surface area contributed by atoms with E-state index in [9.17, 15) is 9.59 Å². The molecule has 0 saturated heterocycles. The Hall–Kier alpha value is -2.34. The van der Waals surface area contributed by atoms with Crippen molar-refractivity contribution in [2.75, 3.05) is 20.2 Å². The molecule has 0 saturated carbocycles. The first-order valence-electron chi connectivity index (χ1n) is 7.37. The largest absolute Gasteiger partial charge is 0.494 e. The van der Waals surface area contributed by atoms with Crippen LogP contribution in [0.5, 0.6) is 5.75 Å². The normalized spacial score (nSPS) is 10.2. The van der Waals surface area contributed by atoms with Gasteiger partial charge in [-0.1, -0.05) is 6.07 Å². The first kappa shape index (κ1) is 17.0. The van der Waals surface area contributed by atoms with Crippen LogP contribution in [0.2, 0.25) is 0 Å². The fourth-order valence-corrected chi connectivity index (χ4v) is 2.74. The molecule has 23 heavy (non-hydrogen) atoms. The van der Waals surface area contributed by atoms with Crippen molar-refractivity contribution in [1.82, 2.24) is 10.2 Å². The van der Waals surface area contributed by atoms with E-state index in [2.05, 4.69) is 5.32 Å². The van der Waals surface area contributed by atoms with Crippen LogP contribution in [0.4, 0.5) is 0 Å². The smallest absolute Gasteiger partial charge is 0.251 e. The van der Waals surface area contributed by atoms with Crippen LogP contribution in [0.3, 0.4) is 0 Å². The molecule has 0 spiro atoms. The van der Waals surface area contributed by atoms with Crippen molar-refractivity contribution in [2.45, 2.75) is 13.5 Å². The summed E-state index contributed by atoms with van der Waals surface area (Å²) in [6, 6.07) is 10.8. The number of carbonyl (C=O) groups excluding carboxylic acids is 2. The van der Waals surface area contributed by atoms with Gasteiger partial charge in [-0.25, -0.2) is 0 Å². The third kappa shape index (κ3) is 5.10. The SMILES string of the molecule is CCOc1ccc(C(=O)NCC(=O)N(C)Cc2cccs2)cc1. The highest BCUT2D eigenvalue weighted by atomic mass is 32.1. The molecular weight excluding hydrogens is 312 g/mol. The van der Waals surface area contributed by atoms with Crippen LogP contribution in [0.1, 0.15) is 22.2 Å². The molecule has 5 nitrogen and oxygen atoms in total. The molecule has 0 aliphatic carbocycles. The van der Waals surface area contributed by atoms with Gasteiger partial charge < -0.3 is 15.0 Å². The monoisotopic (exact) mass is 332 g/mol. The Balaban J connectivity index is 1.82. The number of likely N-dealkylation sites (N-methyl/N-ethyl adjacent to an activating group) is 1. The second kappa shape index (κ2) is 8.33. The third-order valence-electron chi connectivity index (χ3n) is 3.23. The summed E-state index contributed by atoms with van der Waals surface area (Å²) in [5.41, 5.74) is 0.502. The average Bonchev–Trinajstić information content (AvgIpc) is 3.06.